The Morgan fingerprint density at radius 1 is 1.27 bits per heavy atom. The van der Waals surface area contributed by atoms with E-state index in [1.54, 1.807) is 14.0 Å². The number of ether oxygens (including phenoxy) is 1. The van der Waals surface area contributed by atoms with Crippen molar-refractivity contribution in [3.05, 3.63) is 5.82 Å². The van der Waals surface area contributed by atoms with Gasteiger partial charge in [0.1, 0.15) is 11.5 Å². The summed E-state index contributed by atoms with van der Waals surface area (Å²) >= 11 is 0. The van der Waals surface area contributed by atoms with Gasteiger partial charge in [-0.15, -0.1) is 0 Å². The van der Waals surface area contributed by atoms with Gasteiger partial charge >= 0.3 is 0 Å². The third-order valence-electron chi connectivity index (χ3n) is 2.06. The minimum Gasteiger partial charge on any atom is -0.383 e. The third-order valence-corrected chi connectivity index (χ3v) is 2.06. The van der Waals surface area contributed by atoms with Crippen molar-refractivity contribution in [2.45, 2.75) is 6.92 Å². The molecule has 0 unspecified atom stereocenters. The summed E-state index contributed by atoms with van der Waals surface area (Å²) < 4.78 is 4.97. The maximum Gasteiger partial charge on any atom is 0.153 e. The lowest BCUT2D eigenvalue weighted by Crippen LogP contribution is -2.25. The Balaban J connectivity index is 2.92. The fraction of sp³-hybridized carbons (Fsp3) is 0.556. The SMILES string of the molecule is COCCN(C)c1c(N)nc(C)nc1N. The average molecular weight is 211 g/mol. The summed E-state index contributed by atoms with van der Waals surface area (Å²) in [7, 11) is 3.52. The highest BCUT2D eigenvalue weighted by atomic mass is 16.5. The molecule has 0 saturated carbocycles. The second-order valence-corrected chi connectivity index (χ2v) is 3.30. The Bertz CT molecular complexity index is 318. The fourth-order valence-corrected chi connectivity index (χ4v) is 1.34. The number of likely N-dealkylation sites (N-methyl/N-ethyl adjacent to an activating group) is 1. The summed E-state index contributed by atoms with van der Waals surface area (Å²) in [6.07, 6.45) is 0. The molecule has 0 bridgehead atoms. The van der Waals surface area contributed by atoms with Crippen LogP contribution >= 0.6 is 0 Å². The highest BCUT2D eigenvalue weighted by molar-refractivity contribution is 5.74. The van der Waals surface area contributed by atoms with Crippen LogP contribution in [0.2, 0.25) is 0 Å². The molecule has 0 aliphatic heterocycles. The van der Waals surface area contributed by atoms with E-state index in [1.807, 2.05) is 11.9 Å². The smallest absolute Gasteiger partial charge is 0.153 e. The lowest BCUT2D eigenvalue weighted by molar-refractivity contribution is 0.206. The van der Waals surface area contributed by atoms with Crippen LogP contribution in [0.1, 0.15) is 5.82 Å². The highest BCUT2D eigenvalue weighted by Gasteiger charge is 2.12. The van der Waals surface area contributed by atoms with Gasteiger partial charge in [-0.2, -0.15) is 0 Å². The second-order valence-electron chi connectivity index (χ2n) is 3.30. The first-order valence-corrected chi connectivity index (χ1v) is 4.66. The van der Waals surface area contributed by atoms with Crippen LogP contribution < -0.4 is 16.4 Å². The van der Waals surface area contributed by atoms with Crippen molar-refractivity contribution in [2.24, 2.45) is 0 Å². The normalized spacial score (nSPS) is 10.3. The molecule has 0 aromatic carbocycles. The molecule has 0 amide bonds. The molecule has 1 rings (SSSR count). The van der Waals surface area contributed by atoms with Crippen molar-refractivity contribution in [2.75, 3.05) is 43.7 Å². The number of aryl methyl sites for hydroxylation is 1. The van der Waals surface area contributed by atoms with Crippen LogP contribution in [0.25, 0.3) is 0 Å². The lowest BCUT2D eigenvalue weighted by Gasteiger charge is -2.21. The molecule has 6 nitrogen and oxygen atoms in total. The van der Waals surface area contributed by atoms with Gasteiger partial charge in [-0.25, -0.2) is 9.97 Å². The Morgan fingerprint density at radius 2 is 1.80 bits per heavy atom. The minimum atomic E-state index is 0.401. The molecule has 84 valence electrons. The summed E-state index contributed by atoms with van der Waals surface area (Å²) in [5.74, 6) is 1.38. The van der Waals surface area contributed by atoms with Gasteiger partial charge in [-0.1, -0.05) is 0 Å². The van der Waals surface area contributed by atoms with Gasteiger partial charge in [-0.05, 0) is 6.92 Å². The molecule has 0 atom stereocenters. The van der Waals surface area contributed by atoms with Crippen LogP contribution in [0.5, 0.6) is 0 Å². The van der Waals surface area contributed by atoms with E-state index in [9.17, 15) is 0 Å². The maximum absolute atomic E-state index is 5.78. The number of nitrogen functional groups attached to an aromatic ring is 2. The van der Waals surface area contributed by atoms with Crippen molar-refractivity contribution >= 4 is 17.3 Å². The fourth-order valence-electron chi connectivity index (χ4n) is 1.34. The zero-order chi connectivity index (χ0) is 11.4. The zero-order valence-corrected chi connectivity index (χ0v) is 9.32. The lowest BCUT2D eigenvalue weighted by atomic mass is 10.3. The molecule has 6 heteroatoms. The first-order valence-electron chi connectivity index (χ1n) is 4.66. The van der Waals surface area contributed by atoms with E-state index >= 15 is 0 Å². The van der Waals surface area contributed by atoms with Gasteiger partial charge in [0.25, 0.3) is 0 Å². The van der Waals surface area contributed by atoms with Gasteiger partial charge in [0, 0.05) is 20.7 Å². The van der Waals surface area contributed by atoms with Crippen LogP contribution in [0.4, 0.5) is 17.3 Å². The molecule has 0 fully saturated rings. The molecule has 0 spiro atoms. The van der Waals surface area contributed by atoms with E-state index in [0.29, 0.717) is 36.3 Å². The third kappa shape index (κ3) is 2.69. The van der Waals surface area contributed by atoms with Crippen LogP contribution in [0, 0.1) is 6.92 Å². The molecule has 0 radical (unpaired) electrons. The number of nitrogens with zero attached hydrogens (tertiary/aromatic N) is 3. The summed E-state index contributed by atoms with van der Waals surface area (Å²) in [6, 6.07) is 0. The molecule has 1 aromatic rings. The largest absolute Gasteiger partial charge is 0.383 e. The van der Waals surface area contributed by atoms with Crippen LogP contribution in [-0.4, -0.2) is 37.3 Å². The molecule has 4 N–H and O–H groups in total. The number of rotatable bonds is 4. The van der Waals surface area contributed by atoms with E-state index in [0.717, 1.165) is 0 Å². The van der Waals surface area contributed by atoms with Crippen LogP contribution in [0.3, 0.4) is 0 Å². The number of hydrogen-bond donors (Lipinski definition) is 2. The summed E-state index contributed by atoms with van der Waals surface area (Å²) in [4.78, 5) is 10.0. The van der Waals surface area contributed by atoms with Crippen LogP contribution in [-0.2, 0) is 4.74 Å². The Morgan fingerprint density at radius 3 is 2.27 bits per heavy atom. The Labute approximate surface area is 89.2 Å². The van der Waals surface area contributed by atoms with Gasteiger partial charge in [0.05, 0.1) is 6.61 Å². The van der Waals surface area contributed by atoms with Crippen molar-refractivity contribution in [3.63, 3.8) is 0 Å². The number of nitrogens with two attached hydrogens (primary N) is 2. The van der Waals surface area contributed by atoms with Crippen molar-refractivity contribution < 1.29 is 4.74 Å². The quantitative estimate of drug-likeness (QED) is 0.730. The van der Waals surface area contributed by atoms with E-state index < -0.39 is 0 Å². The monoisotopic (exact) mass is 211 g/mol. The van der Waals surface area contributed by atoms with E-state index in [-0.39, 0.29) is 0 Å². The second kappa shape index (κ2) is 4.79. The first kappa shape index (κ1) is 11.5. The Hall–Kier alpha value is -1.56. The number of aromatic nitrogens is 2. The molecule has 0 saturated heterocycles. The number of methoxy groups -OCH3 is 1. The van der Waals surface area contributed by atoms with Crippen LogP contribution in [0.15, 0.2) is 0 Å². The molecular weight excluding hydrogens is 194 g/mol. The Kier molecular flexibility index (Phi) is 3.68. The molecule has 1 aromatic heterocycles. The van der Waals surface area contributed by atoms with E-state index in [2.05, 4.69) is 9.97 Å². The van der Waals surface area contributed by atoms with Gasteiger partial charge < -0.3 is 21.1 Å². The summed E-state index contributed by atoms with van der Waals surface area (Å²) in [6.45, 7) is 3.05. The van der Waals surface area contributed by atoms with Gasteiger partial charge in [0.2, 0.25) is 0 Å². The molecule has 0 aliphatic rings. The molecule has 15 heavy (non-hydrogen) atoms. The predicted octanol–water partition coefficient (Wildman–Crippen LogP) is 0.0320. The van der Waals surface area contributed by atoms with Crippen molar-refractivity contribution in [1.82, 2.24) is 9.97 Å². The maximum atomic E-state index is 5.78. The zero-order valence-electron chi connectivity index (χ0n) is 9.32. The standard InChI is InChI=1S/C9H17N5O/c1-6-12-8(10)7(9(11)13-6)14(2)4-5-15-3/h4-5H2,1-3H3,(H4,10,11,12,13). The van der Waals surface area contributed by atoms with Gasteiger partial charge in [-0.3, -0.25) is 0 Å². The predicted molar refractivity (Wildman–Crippen MR) is 60.7 cm³/mol. The topological polar surface area (TPSA) is 90.3 Å². The number of anilines is 3. The summed E-state index contributed by atoms with van der Waals surface area (Å²) in [5, 5.41) is 0. The average Bonchev–Trinajstić information content (AvgIpc) is 2.12. The molecule has 1 heterocycles. The van der Waals surface area contributed by atoms with E-state index in [4.69, 9.17) is 16.2 Å². The minimum absolute atomic E-state index is 0.401. The van der Waals surface area contributed by atoms with Crippen molar-refractivity contribution in [3.8, 4) is 0 Å². The first-order chi connectivity index (χ1) is 7.06. The molecule has 0 aliphatic carbocycles. The number of hydrogen-bond acceptors (Lipinski definition) is 6. The van der Waals surface area contributed by atoms with Crippen molar-refractivity contribution in [1.29, 1.82) is 0 Å². The summed E-state index contributed by atoms with van der Waals surface area (Å²) in [5.41, 5.74) is 12.2. The molecular formula is C9H17N5O. The van der Waals surface area contributed by atoms with Gasteiger partial charge in [0.15, 0.2) is 11.6 Å². The van der Waals surface area contributed by atoms with E-state index in [1.165, 1.54) is 0 Å². The highest BCUT2D eigenvalue weighted by Crippen LogP contribution is 2.25.